The largest absolute Gasteiger partial charge is 0.340 e. The molecule has 0 spiro atoms. The number of anilines is 1. The first-order valence-electron chi connectivity index (χ1n) is 9.48. The molecule has 3 heterocycles. The van der Waals surface area contributed by atoms with Gasteiger partial charge in [-0.1, -0.05) is 36.4 Å². The maximum atomic E-state index is 12.5. The molecule has 3 aromatic rings. The van der Waals surface area contributed by atoms with E-state index < -0.39 is 6.04 Å². The molecule has 1 aromatic carbocycles. The Bertz CT molecular complexity index is 986. The number of benzene rings is 1. The summed E-state index contributed by atoms with van der Waals surface area (Å²) in [5.41, 5.74) is 2.36. The summed E-state index contributed by atoms with van der Waals surface area (Å²) in [4.78, 5) is 33.4. The lowest BCUT2D eigenvalue weighted by atomic mass is 10.1. The Hall–Kier alpha value is -2.55. The van der Waals surface area contributed by atoms with Crippen molar-refractivity contribution in [3.63, 3.8) is 0 Å². The van der Waals surface area contributed by atoms with E-state index in [1.165, 1.54) is 33.1 Å². The normalized spacial score (nSPS) is 14.8. The summed E-state index contributed by atoms with van der Waals surface area (Å²) in [6.07, 6.45) is 0.874. The van der Waals surface area contributed by atoms with Gasteiger partial charge in [0.05, 0.1) is 10.6 Å². The van der Waals surface area contributed by atoms with Gasteiger partial charge in [-0.2, -0.15) is 0 Å². The van der Waals surface area contributed by atoms with Crippen molar-refractivity contribution in [2.45, 2.75) is 32.5 Å². The molecule has 0 saturated heterocycles. The first kappa shape index (κ1) is 19.8. The van der Waals surface area contributed by atoms with Crippen LogP contribution in [0.4, 0.5) is 5.13 Å². The van der Waals surface area contributed by atoms with Gasteiger partial charge < -0.3 is 10.6 Å². The lowest BCUT2D eigenvalue weighted by molar-refractivity contribution is -0.117. The van der Waals surface area contributed by atoms with Crippen LogP contribution in [0.1, 0.15) is 32.7 Å². The molecule has 1 unspecified atom stereocenters. The van der Waals surface area contributed by atoms with Crippen LogP contribution in [0.5, 0.6) is 0 Å². The van der Waals surface area contributed by atoms with E-state index in [1.54, 1.807) is 13.0 Å². The van der Waals surface area contributed by atoms with Crippen molar-refractivity contribution < 1.29 is 9.59 Å². The number of thiazole rings is 1. The number of hydrogen-bond donors (Lipinski definition) is 2. The molecule has 1 atom stereocenters. The zero-order valence-corrected chi connectivity index (χ0v) is 17.7. The highest BCUT2D eigenvalue weighted by atomic mass is 32.1. The zero-order valence-electron chi connectivity index (χ0n) is 16.1. The number of fused-ring (bicyclic) bond motifs is 1. The van der Waals surface area contributed by atoms with Gasteiger partial charge in [0.2, 0.25) is 5.91 Å². The average molecular weight is 427 g/mol. The number of nitrogens with zero attached hydrogens (tertiary/aromatic N) is 2. The van der Waals surface area contributed by atoms with Gasteiger partial charge >= 0.3 is 0 Å². The fourth-order valence-electron chi connectivity index (χ4n) is 3.23. The van der Waals surface area contributed by atoms with Crippen LogP contribution in [-0.2, 0) is 24.3 Å². The van der Waals surface area contributed by atoms with Crippen LogP contribution >= 0.6 is 22.7 Å². The number of nitrogens with one attached hydrogen (secondary N) is 2. The van der Waals surface area contributed by atoms with E-state index >= 15 is 0 Å². The highest BCUT2D eigenvalue weighted by Gasteiger charge is 2.23. The molecular weight excluding hydrogens is 404 g/mol. The molecule has 0 bridgehead atoms. The van der Waals surface area contributed by atoms with E-state index in [0.29, 0.717) is 10.0 Å². The van der Waals surface area contributed by atoms with Crippen LogP contribution in [0, 0.1) is 0 Å². The minimum Gasteiger partial charge on any atom is -0.340 e. The highest BCUT2D eigenvalue weighted by molar-refractivity contribution is 7.15. The molecule has 0 radical (unpaired) electrons. The third-order valence-electron chi connectivity index (χ3n) is 4.78. The third kappa shape index (κ3) is 4.90. The van der Waals surface area contributed by atoms with Crippen molar-refractivity contribution in [1.82, 2.24) is 15.2 Å². The third-order valence-corrected chi connectivity index (χ3v) is 6.64. The molecular formula is C21H22N4O2S2. The Morgan fingerprint density at radius 3 is 2.79 bits per heavy atom. The second-order valence-electron chi connectivity index (χ2n) is 7.00. The quantitative estimate of drug-likeness (QED) is 0.633. The number of amides is 2. The van der Waals surface area contributed by atoms with Crippen molar-refractivity contribution in [2.24, 2.45) is 0 Å². The van der Waals surface area contributed by atoms with Crippen molar-refractivity contribution in [2.75, 3.05) is 11.9 Å². The van der Waals surface area contributed by atoms with Crippen molar-refractivity contribution in [3.05, 3.63) is 68.9 Å². The SMILES string of the molecule is CC(NC(=O)c1cccs1)C(=O)Nc1nc2c(s1)CN(Cc1ccccc1)CC2. The molecule has 2 amide bonds. The van der Waals surface area contributed by atoms with Crippen LogP contribution in [0.2, 0.25) is 0 Å². The van der Waals surface area contributed by atoms with Crippen molar-refractivity contribution in [3.8, 4) is 0 Å². The summed E-state index contributed by atoms with van der Waals surface area (Å²) >= 11 is 2.87. The van der Waals surface area contributed by atoms with Gasteiger partial charge in [-0.3, -0.25) is 14.5 Å². The number of carbonyl (C=O) groups is 2. The van der Waals surface area contributed by atoms with Crippen LogP contribution < -0.4 is 10.6 Å². The lowest BCUT2D eigenvalue weighted by Crippen LogP contribution is -2.41. The summed E-state index contributed by atoms with van der Waals surface area (Å²) in [7, 11) is 0. The lowest BCUT2D eigenvalue weighted by Gasteiger charge is -2.25. The molecule has 0 aliphatic carbocycles. The number of aromatic nitrogens is 1. The minimum atomic E-state index is -0.639. The average Bonchev–Trinajstić information content (AvgIpc) is 3.38. The van der Waals surface area contributed by atoms with E-state index in [-0.39, 0.29) is 11.8 Å². The second-order valence-corrected chi connectivity index (χ2v) is 9.03. The van der Waals surface area contributed by atoms with E-state index in [2.05, 4.69) is 44.8 Å². The van der Waals surface area contributed by atoms with Crippen molar-refractivity contribution >= 4 is 39.6 Å². The van der Waals surface area contributed by atoms with Crippen LogP contribution in [0.15, 0.2) is 47.8 Å². The van der Waals surface area contributed by atoms with Gasteiger partial charge in [0.1, 0.15) is 6.04 Å². The van der Waals surface area contributed by atoms with E-state index in [0.717, 1.165) is 31.7 Å². The van der Waals surface area contributed by atoms with Gasteiger partial charge in [-0.05, 0) is 23.9 Å². The van der Waals surface area contributed by atoms with Crippen LogP contribution in [-0.4, -0.2) is 34.3 Å². The summed E-state index contributed by atoms with van der Waals surface area (Å²) in [6.45, 7) is 4.37. The number of hydrogen-bond acceptors (Lipinski definition) is 6. The Morgan fingerprint density at radius 1 is 1.21 bits per heavy atom. The van der Waals surface area contributed by atoms with Gasteiger partial charge in [-0.15, -0.1) is 22.7 Å². The molecule has 2 N–H and O–H groups in total. The molecule has 29 heavy (non-hydrogen) atoms. The van der Waals surface area contributed by atoms with Gasteiger partial charge in [0, 0.05) is 30.9 Å². The predicted octanol–water partition coefficient (Wildman–Crippen LogP) is 3.52. The first-order valence-corrected chi connectivity index (χ1v) is 11.2. The molecule has 6 nitrogen and oxygen atoms in total. The number of carbonyl (C=O) groups excluding carboxylic acids is 2. The predicted molar refractivity (Wildman–Crippen MR) is 116 cm³/mol. The van der Waals surface area contributed by atoms with Gasteiger partial charge in [-0.25, -0.2) is 4.98 Å². The molecule has 4 rings (SSSR count). The smallest absolute Gasteiger partial charge is 0.261 e. The molecule has 1 aliphatic heterocycles. The molecule has 0 saturated carbocycles. The molecule has 0 fully saturated rings. The fraction of sp³-hybridized carbons (Fsp3) is 0.286. The van der Waals surface area contributed by atoms with Gasteiger partial charge in [0.15, 0.2) is 5.13 Å². The second kappa shape index (κ2) is 8.86. The highest BCUT2D eigenvalue weighted by Crippen LogP contribution is 2.29. The summed E-state index contributed by atoms with van der Waals surface area (Å²) < 4.78 is 0. The summed E-state index contributed by atoms with van der Waals surface area (Å²) in [6, 6.07) is 13.3. The van der Waals surface area contributed by atoms with E-state index in [4.69, 9.17) is 0 Å². The van der Waals surface area contributed by atoms with Crippen LogP contribution in [0.3, 0.4) is 0 Å². The molecule has 2 aromatic heterocycles. The van der Waals surface area contributed by atoms with Crippen molar-refractivity contribution in [1.29, 1.82) is 0 Å². The van der Waals surface area contributed by atoms with E-state index in [1.807, 2.05) is 17.5 Å². The number of rotatable bonds is 6. The Labute approximate surface area is 177 Å². The molecule has 1 aliphatic rings. The Kier molecular flexibility index (Phi) is 6.03. The Morgan fingerprint density at radius 2 is 2.03 bits per heavy atom. The fourth-order valence-corrected chi connectivity index (χ4v) is 4.91. The van der Waals surface area contributed by atoms with Crippen LogP contribution in [0.25, 0.3) is 0 Å². The maximum absolute atomic E-state index is 12.5. The number of thiophene rings is 1. The summed E-state index contributed by atoms with van der Waals surface area (Å²) in [5, 5.41) is 8.01. The topological polar surface area (TPSA) is 74.3 Å². The Balaban J connectivity index is 1.34. The zero-order chi connectivity index (χ0) is 20.2. The minimum absolute atomic E-state index is 0.238. The first-order chi connectivity index (χ1) is 14.1. The molecule has 8 heteroatoms. The standard InChI is InChI=1S/C21H22N4O2S2/c1-14(22-20(27)17-8-5-11-28-17)19(26)24-21-23-16-9-10-25(13-18(16)29-21)12-15-6-3-2-4-7-15/h2-8,11,14H,9-10,12-13H2,1H3,(H,22,27)(H,23,24,26). The van der Waals surface area contributed by atoms with E-state index in [9.17, 15) is 9.59 Å². The maximum Gasteiger partial charge on any atom is 0.261 e. The van der Waals surface area contributed by atoms with Gasteiger partial charge in [0.25, 0.3) is 5.91 Å². The monoisotopic (exact) mass is 426 g/mol. The molecule has 150 valence electrons. The summed E-state index contributed by atoms with van der Waals surface area (Å²) in [5.74, 6) is -0.500.